The molecule has 0 aliphatic carbocycles. The summed E-state index contributed by atoms with van der Waals surface area (Å²) < 4.78 is 34.1. The molecule has 154 valence electrons. The number of nitrogens with zero attached hydrogens (tertiary/aromatic N) is 2. The molecule has 30 heavy (non-hydrogen) atoms. The number of fused-ring (bicyclic) bond motifs is 1. The molecule has 0 bridgehead atoms. The number of hydrogen-bond acceptors (Lipinski definition) is 6. The van der Waals surface area contributed by atoms with Crippen molar-refractivity contribution in [2.75, 3.05) is 11.8 Å². The Morgan fingerprint density at radius 1 is 1.03 bits per heavy atom. The van der Waals surface area contributed by atoms with Gasteiger partial charge in [0.1, 0.15) is 21.1 Å². The Kier molecular flexibility index (Phi) is 5.21. The summed E-state index contributed by atoms with van der Waals surface area (Å²) in [6.07, 6.45) is 1.74. The number of nitrogens with one attached hydrogen (secondary N) is 1. The number of methoxy groups -OCH3 is 1. The van der Waals surface area contributed by atoms with Crippen LogP contribution in [0.3, 0.4) is 0 Å². The summed E-state index contributed by atoms with van der Waals surface area (Å²) >= 11 is 1.50. The lowest BCUT2D eigenvalue weighted by Crippen LogP contribution is -2.15. The monoisotopic (exact) mass is 439 g/mol. The van der Waals surface area contributed by atoms with Crippen LogP contribution in [0.4, 0.5) is 5.69 Å². The van der Waals surface area contributed by atoms with Gasteiger partial charge in [-0.1, -0.05) is 11.3 Å². The smallest absolute Gasteiger partial charge is 0.262 e. The molecule has 4 aromatic rings. The molecule has 2 heterocycles. The van der Waals surface area contributed by atoms with E-state index in [1.54, 1.807) is 38.4 Å². The Balaban J connectivity index is 1.63. The van der Waals surface area contributed by atoms with Gasteiger partial charge < -0.3 is 4.74 Å². The molecular weight excluding hydrogens is 418 g/mol. The van der Waals surface area contributed by atoms with Crippen LogP contribution in [0, 0.1) is 20.8 Å². The second-order valence-corrected chi connectivity index (χ2v) is 9.63. The van der Waals surface area contributed by atoms with Gasteiger partial charge in [0.05, 0.1) is 12.0 Å². The number of aromatic nitrogens is 2. The lowest BCUT2D eigenvalue weighted by Gasteiger charge is -2.16. The van der Waals surface area contributed by atoms with Gasteiger partial charge in [-0.05, 0) is 79.9 Å². The van der Waals surface area contributed by atoms with E-state index >= 15 is 0 Å². The fraction of sp³-hybridized carbons (Fsp3) is 0.182. The Labute approximate surface area is 179 Å². The molecule has 0 spiro atoms. The van der Waals surface area contributed by atoms with Crippen molar-refractivity contribution in [1.82, 2.24) is 9.97 Å². The fourth-order valence-electron chi connectivity index (χ4n) is 3.40. The first-order chi connectivity index (χ1) is 14.3. The van der Waals surface area contributed by atoms with Crippen LogP contribution < -0.4 is 9.46 Å². The number of pyridine rings is 1. The molecule has 0 saturated carbocycles. The molecule has 2 aromatic carbocycles. The number of sulfonamides is 1. The lowest BCUT2D eigenvalue weighted by atomic mass is 10.1. The first kappa shape index (κ1) is 20.3. The highest BCUT2D eigenvalue weighted by Gasteiger charge is 2.21. The number of hydrogen-bond donors (Lipinski definition) is 1. The first-order valence-corrected chi connectivity index (χ1v) is 11.6. The summed E-state index contributed by atoms with van der Waals surface area (Å²) in [5, 5.41) is 0.843. The van der Waals surface area contributed by atoms with Crippen molar-refractivity contribution in [2.45, 2.75) is 25.7 Å². The summed E-state index contributed by atoms with van der Waals surface area (Å²) in [5.41, 5.74) is 4.52. The average Bonchev–Trinajstić information content (AvgIpc) is 3.15. The first-order valence-electron chi connectivity index (χ1n) is 9.30. The summed E-state index contributed by atoms with van der Waals surface area (Å²) in [6, 6.07) is 12.6. The number of benzene rings is 2. The van der Waals surface area contributed by atoms with E-state index < -0.39 is 10.0 Å². The third-order valence-corrected chi connectivity index (χ3v) is 7.56. The third kappa shape index (κ3) is 3.64. The topological polar surface area (TPSA) is 81.2 Å². The van der Waals surface area contributed by atoms with Crippen LogP contribution in [0.2, 0.25) is 0 Å². The van der Waals surface area contributed by atoms with Gasteiger partial charge in [-0.25, -0.2) is 18.4 Å². The molecule has 1 N–H and O–H groups in total. The summed E-state index contributed by atoms with van der Waals surface area (Å²) in [7, 11) is -2.15. The van der Waals surface area contributed by atoms with Gasteiger partial charge >= 0.3 is 0 Å². The molecular formula is C22H21N3O3S2. The zero-order valence-corrected chi connectivity index (χ0v) is 18.7. The minimum absolute atomic E-state index is 0.250. The van der Waals surface area contributed by atoms with E-state index in [-0.39, 0.29) is 4.90 Å². The standard InChI is InChI=1S/C22H21N3O3S2/c1-13-12-19(14(2)15(3)20(13)28-4)30(26,27)25-17-9-7-16(8-10-17)21-24-18-6-5-11-23-22(18)29-21/h5-12,25H,1-4H3. The van der Waals surface area contributed by atoms with Gasteiger partial charge in [-0.2, -0.15) is 0 Å². The largest absolute Gasteiger partial charge is 0.496 e. The molecule has 0 fully saturated rings. The minimum Gasteiger partial charge on any atom is -0.496 e. The maximum atomic E-state index is 13.0. The van der Waals surface area contributed by atoms with E-state index in [1.165, 1.54) is 11.3 Å². The Bertz CT molecular complexity index is 1310. The number of ether oxygens (including phenoxy) is 1. The minimum atomic E-state index is -3.74. The van der Waals surface area contributed by atoms with Crippen molar-refractivity contribution in [2.24, 2.45) is 0 Å². The van der Waals surface area contributed by atoms with E-state index in [0.29, 0.717) is 17.0 Å². The highest BCUT2D eigenvalue weighted by molar-refractivity contribution is 7.92. The average molecular weight is 440 g/mol. The van der Waals surface area contributed by atoms with Crippen molar-refractivity contribution in [3.05, 3.63) is 65.4 Å². The van der Waals surface area contributed by atoms with Gasteiger partial charge in [0.2, 0.25) is 0 Å². The van der Waals surface area contributed by atoms with Crippen LogP contribution >= 0.6 is 11.3 Å². The summed E-state index contributed by atoms with van der Waals surface area (Å²) in [4.78, 5) is 10.0. The molecule has 0 saturated heterocycles. The molecule has 0 aliphatic rings. The van der Waals surface area contributed by atoms with Crippen LogP contribution in [0.15, 0.2) is 53.6 Å². The van der Waals surface area contributed by atoms with E-state index in [2.05, 4.69) is 14.7 Å². The molecule has 6 nitrogen and oxygen atoms in total. The van der Waals surface area contributed by atoms with Crippen molar-refractivity contribution in [3.63, 3.8) is 0 Å². The van der Waals surface area contributed by atoms with E-state index in [1.807, 2.05) is 38.1 Å². The van der Waals surface area contributed by atoms with Crippen LogP contribution in [0.1, 0.15) is 16.7 Å². The second kappa shape index (κ2) is 7.70. The van der Waals surface area contributed by atoms with Crippen molar-refractivity contribution < 1.29 is 13.2 Å². The number of rotatable bonds is 5. The molecule has 8 heteroatoms. The fourth-order valence-corrected chi connectivity index (χ4v) is 5.76. The molecule has 4 rings (SSSR count). The van der Waals surface area contributed by atoms with Crippen LogP contribution in [-0.4, -0.2) is 25.5 Å². The van der Waals surface area contributed by atoms with Gasteiger partial charge in [0.15, 0.2) is 0 Å². The maximum absolute atomic E-state index is 13.0. The molecule has 0 amide bonds. The summed E-state index contributed by atoms with van der Waals surface area (Å²) in [5.74, 6) is 0.709. The normalized spacial score (nSPS) is 11.6. The van der Waals surface area contributed by atoms with E-state index in [9.17, 15) is 8.42 Å². The van der Waals surface area contributed by atoms with Crippen molar-refractivity contribution in [1.29, 1.82) is 0 Å². The third-order valence-electron chi connectivity index (χ3n) is 5.02. The Hall–Kier alpha value is -2.97. The maximum Gasteiger partial charge on any atom is 0.262 e. The highest BCUT2D eigenvalue weighted by Crippen LogP contribution is 2.33. The molecule has 0 radical (unpaired) electrons. The van der Waals surface area contributed by atoms with E-state index in [0.717, 1.165) is 32.0 Å². The SMILES string of the molecule is COc1c(C)cc(S(=O)(=O)Nc2ccc(-c3nc4cccnc4s3)cc2)c(C)c1C. The number of thiazole rings is 1. The van der Waals surface area contributed by atoms with Crippen LogP contribution in [-0.2, 0) is 10.0 Å². The van der Waals surface area contributed by atoms with Crippen molar-refractivity contribution >= 4 is 37.4 Å². The van der Waals surface area contributed by atoms with Gasteiger partial charge in [0.25, 0.3) is 10.0 Å². The van der Waals surface area contributed by atoms with Crippen molar-refractivity contribution in [3.8, 4) is 16.3 Å². The number of anilines is 1. The highest BCUT2D eigenvalue weighted by atomic mass is 32.2. The zero-order valence-electron chi connectivity index (χ0n) is 17.1. The van der Waals surface area contributed by atoms with Gasteiger partial charge in [0, 0.05) is 17.4 Å². The Morgan fingerprint density at radius 2 is 1.77 bits per heavy atom. The quantitative estimate of drug-likeness (QED) is 0.468. The Morgan fingerprint density at radius 3 is 2.43 bits per heavy atom. The molecule has 0 unspecified atom stereocenters. The molecule has 0 aliphatic heterocycles. The predicted octanol–water partition coefficient (Wildman–Crippen LogP) is 5.09. The zero-order chi connectivity index (χ0) is 21.5. The molecule has 0 atom stereocenters. The summed E-state index contributed by atoms with van der Waals surface area (Å²) in [6.45, 7) is 5.49. The second-order valence-electron chi connectivity index (χ2n) is 7.00. The molecule has 2 aromatic heterocycles. The van der Waals surface area contributed by atoms with Crippen LogP contribution in [0.25, 0.3) is 20.9 Å². The van der Waals surface area contributed by atoms with Gasteiger partial charge in [-0.3, -0.25) is 4.72 Å². The van der Waals surface area contributed by atoms with Gasteiger partial charge in [-0.15, -0.1) is 0 Å². The number of aryl methyl sites for hydroxylation is 1. The van der Waals surface area contributed by atoms with Crippen LogP contribution in [0.5, 0.6) is 5.75 Å². The van der Waals surface area contributed by atoms with E-state index in [4.69, 9.17) is 4.74 Å². The predicted molar refractivity (Wildman–Crippen MR) is 121 cm³/mol. The lowest BCUT2D eigenvalue weighted by molar-refractivity contribution is 0.407.